The molecule has 0 saturated heterocycles. The lowest BCUT2D eigenvalue weighted by molar-refractivity contribution is -0.151. The van der Waals surface area contributed by atoms with Gasteiger partial charge in [-0.2, -0.15) is 13.2 Å². The molecule has 0 fully saturated rings. The van der Waals surface area contributed by atoms with Crippen LogP contribution in [0.25, 0.3) is 0 Å². The predicted octanol–water partition coefficient (Wildman–Crippen LogP) is 4.68. The van der Waals surface area contributed by atoms with E-state index < -0.39 is 23.3 Å². The quantitative estimate of drug-likeness (QED) is 0.605. The van der Waals surface area contributed by atoms with Crippen LogP contribution in [0.15, 0.2) is 59.2 Å². The summed E-state index contributed by atoms with van der Waals surface area (Å²) in [5, 5.41) is 0. The molecule has 3 nitrogen and oxygen atoms in total. The summed E-state index contributed by atoms with van der Waals surface area (Å²) >= 11 is 0. The summed E-state index contributed by atoms with van der Waals surface area (Å²) in [5.74, 6) is -0.365. The second kappa shape index (κ2) is 5.95. The molecule has 0 radical (unpaired) electrons. The van der Waals surface area contributed by atoms with Gasteiger partial charge in [-0.05, 0) is 38.1 Å². The van der Waals surface area contributed by atoms with E-state index in [1.54, 1.807) is 19.1 Å². The number of halogens is 3. The van der Waals surface area contributed by atoms with Crippen LogP contribution >= 0.6 is 0 Å². The van der Waals surface area contributed by atoms with Gasteiger partial charge in [-0.25, -0.2) is 4.79 Å². The van der Waals surface area contributed by atoms with Gasteiger partial charge in [0.15, 0.2) is 11.4 Å². The maximum absolute atomic E-state index is 12.7. The SMILES string of the molecule is C=C(C)C(=O)OC(C)(c1ccc(C(F)(F)F)cc1)c1ccco1. The van der Waals surface area contributed by atoms with Crippen molar-refractivity contribution in [2.45, 2.75) is 25.6 Å². The number of rotatable bonds is 4. The summed E-state index contributed by atoms with van der Waals surface area (Å²) in [4.78, 5) is 11.9. The third kappa shape index (κ3) is 3.47. The van der Waals surface area contributed by atoms with Crippen molar-refractivity contribution in [3.05, 3.63) is 71.7 Å². The van der Waals surface area contributed by atoms with E-state index >= 15 is 0 Å². The molecule has 1 aromatic heterocycles. The average Bonchev–Trinajstić information content (AvgIpc) is 3.01. The van der Waals surface area contributed by atoms with Gasteiger partial charge in [-0.15, -0.1) is 0 Å². The highest BCUT2D eigenvalue weighted by Crippen LogP contribution is 2.36. The fourth-order valence-electron chi connectivity index (χ4n) is 2.05. The number of alkyl halides is 3. The summed E-state index contributed by atoms with van der Waals surface area (Å²) in [6, 6.07) is 7.58. The molecule has 1 heterocycles. The van der Waals surface area contributed by atoms with Crippen molar-refractivity contribution in [2.24, 2.45) is 0 Å². The van der Waals surface area contributed by atoms with Crippen molar-refractivity contribution >= 4 is 5.97 Å². The minimum Gasteiger partial charge on any atom is -0.465 e. The van der Waals surface area contributed by atoms with Gasteiger partial charge in [0.05, 0.1) is 11.8 Å². The van der Waals surface area contributed by atoms with E-state index in [0.717, 1.165) is 12.1 Å². The van der Waals surface area contributed by atoms with Crippen molar-refractivity contribution in [1.29, 1.82) is 0 Å². The van der Waals surface area contributed by atoms with Crippen molar-refractivity contribution in [3.63, 3.8) is 0 Å². The molecule has 0 amide bonds. The molecule has 0 aliphatic heterocycles. The first-order valence-corrected chi connectivity index (χ1v) is 6.75. The first-order valence-electron chi connectivity index (χ1n) is 6.75. The molecular weight excluding hydrogens is 309 g/mol. The van der Waals surface area contributed by atoms with E-state index in [1.807, 2.05) is 0 Å². The van der Waals surface area contributed by atoms with E-state index in [9.17, 15) is 18.0 Å². The second-order valence-corrected chi connectivity index (χ2v) is 5.26. The number of hydrogen-bond acceptors (Lipinski definition) is 3. The Morgan fingerprint density at radius 1 is 1.13 bits per heavy atom. The van der Waals surface area contributed by atoms with Gasteiger partial charge in [0.1, 0.15) is 0 Å². The third-order valence-corrected chi connectivity index (χ3v) is 3.40. The molecule has 122 valence electrons. The lowest BCUT2D eigenvalue weighted by atomic mass is 9.92. The Morgan fingerprint density at radius 2 is 1.70 bits per heavy atom. The third-order valence-electron chi connectivity index (χ3n) is 3.40. The van der Waals surface area contributed by atoms with Crippen LogP contribution in [-0.4, -0.2) is 5.97 Å². The highest BCUT2D eigenvalue weighted by molar-refractivity contribution is 5.87. The summed E-state index contributed by atoms with van der Waals surface area (Å²) in [5.41, 5.74) is -1.61. The normalized spacial score (nSPS) is 14.1. The monoisotopic (exact) mass is 324 g/mol. The molecule has 0 aliphatic carbocycles. The minimum absolute atomic E-state index is 0.176. The number of hydrogen-bond donors (Lipinski definition) is 0. The number of benzene rings is 1. The molecule has 23 heavy (non-hydrogen) atoms. The van der Waals surface area contributed by atoms with E-state index in [1.165, 1.54) is 25.3 Å². The molecule has 1 atom stereocenters. The smallest absolute Gasteiger partial charge is 0.416 e. The lowest BCUT2D eigenvalue weighted by Crippen LogP contribution is -2.30. The van der Waals surface area contributed by atoms with E-state index in [2.05, 4.69) is 6.58 Å². The largest absolute Gasteiger partial charge is 0.465 e. The van der Waals surface area contributed by atoms with Gasteiger partial charge < -0.3 is 9.15 Å². The number of carbonyl (C=O) groups excluding carboxylic acids is 1. The van der Waals surface area contributed by atoms with Crippen molar-refractivity contribution in [3.8, 4) is 0 Å². The molecule has 1 unspecified atom stereocenters. The maximum atomic E-state index is 12.7. The fourth-order valence-corrected chi connectivity index (χ4v) is 2.05. The molecule has 6 heteroatoms. The minimum atomic E-state index is -4.44. The van der Waals surface area contributed by atoms with Crippen molar-refractivity contribution in [1.82, 2.24) is 0 Å². The summed E-state index contributed by atoms with van der Waals surface area (Å²) in [6.45, 7) is 6.54. The Kier molecular flexibility index (Phi) is 4.36. The molecule has 1 aromatic carbocycles. The zero-order valence-electron chi connectivity index (χ0n) is 12.6. The van der Waals surface area contributed by atoms with E-state index in [-0.39, 0.29) is 5.57 Å². The van der Waals surface area contributed by atoms with Crippen molar-refractivity contribution in [2.75, 3.05) is 0 Å². The Morgan fingerprint density at radius 3 is 2.13 bits per heavy atom. The Labute approximate surface area is 131 Å². The predicted molar refractivity (Wildman–Crippen MR) is 77.5 cm³/mol. The van der Waals surface area contributed by atoms with Gasteiger partial charge in [0.25, 0.3) is 0 Å². The first-order chi connectivity index (χ1) is 10.6. The molecule has 0 N–H and O–H groups in total. The molecule has 0 aliphatic rings. The van der Waals surface area contributed by atoms with Crippen LogP contribution in [0.5, 0.6) is 0 Å². The van der Waals surface area contributed by atoms with Crippen LogP contribution in [0.4, 0.5) is 13.2 Å². The van der Waals surface area contributed by atoms with Gasteiger partial charge in [-0.3, -0.25) is 0 Å². The van der Waals surface area contributed by atoms with Gasteiger partial charge in [0.2, 0.25) is 0 Å². The zero-order valence-corrected chi connectivity index (χ0v) is 12.6. The highest BCUT2D eigenvalue weighted by atomic mass is 19.4. The van der Waals surface area contributed by atoms with Gasteiger partial charge in [-0.1, -0.05) is 18.7 Å². The van der Waals surface area contributed by atoms with E-state index in [0.29, 0.717) is 11.3 Å². The molecule has 2 aromatic rings. The lowest BCUT2D eigenvalue weighted by Gasteiger charge is -2.28. The number of carbonyl (C=O) groups is 1. The standard InChI is InChI=1S/C17H15F3O3/c1-11(2)15(21)23-16(3,14-5-4-10-22-14)12-6-8-13(9-7-12)17(18,19)20/h4-10H,1H2,2-3H3. The maximum Gasteiger partial charge on any atom is 0.416 e. The average molecular weight is 324 g/mol. The van der Waals surface area contributed by atoms with Crippen LogP contribution in [-0.2, 0) is 21.3 Å². The number of furan rings is 1. The molecule has 0 bridgehead atoms. The highest BCUT2D eigenvalue weighted by Gasteiger charge is 2.37. The molecule has 0 saturated carbocycles. The summed E-state index contributed by atoms with van der Waals surface area (Å²) < 4.78 is 48.8. The molecule has 2 rings (SSSR count). The van der Waals surface area contributed by atoms with Crippen LogP contribution in [0.3, 0.4) is 0 Å². The topological polar surface area (TPSA) is 39.4 Å². The van der Waals surface area contributed by atoms with Gasteiger partial charge >= 0.3 is 12.1 Å². The van der Waals surface area contributed by atoms with Crippen molar-refractivity contribution < 1.29 is 27.1 Å². The molecular formula is C17H15F3O3. The zero-order chi connectivity index (χ0) is 17.3. The Bertz CT molecular complexity index is 700. The molecule has 0 spiro atoms. The van der Waals surface area contributed by atoms with Crippen LogP contribution in [0.2, 0.25) is 0 Å². The first kappa shape index (κ1) is 16.9. The number of ether oxygens (including phenoxy) is 1. The second-order valence-electron chi connectivity index (χ2n) is 5.26. The Balaban J connectivity index is 2.46. The van der Waals surface area contributed by atoms with E-state index in [4.69, 9.17) is 9.15 Å². The van der Waals surface area contributed by atoms with Crippen LogP contribution in [0.1, 0.15) is 30.7 Å². The van der Waals surface area contributed by atoms with Crippen LogP contribution in [0, 0.1) is 0 Å². The summed E-state index contributed by atoms with van der Waals surface area (Å²) in [6.07, 6.45) is -3.04. The van der Waals surface area contributed by atoms with Crippen LogP contribution < -0.4 is 0 Å². The summed E-state index contributed by atoms with van der Waals surface area (Å²) in [7, 11) is 0. The van der Waals surface area contributed by atoms with Gasteiger partial charge in [0, 0.05) is 11.1 Å². The Hall–Kier alpha value is -2.50. The fraction of sp³-hybridized carbons (Fsp3) is 0.235. The number of esters is 1.